The number of carbonyl (C=O) groups excluding carboxylic acids is 1. The second kappa shape index (κ2) is 7.32. The molecule has 0 aromatic heterocycles. The normalized spacial score (nSPS) is 23.4. The fraction of sp³-hybridized carbons (Fsp3) is 0.611. The molecule has 0 bridgehead atoms. The predicted octanol–water partition coefficient (Wildman–Crippen LogP) is 2.49. The van der Waals surface area contributed by atoms with Crippen molar-refractivity contribution in [2.45, 2.75) is 52.0 Å². The molecule has 0 aliphatic carbocycles. The summed E-state index contributed by atoms with van der Waals surface area (Å²) in [6.45, 7) is 10.0. The van der Waals surface area contributed by atoms with Crippen LogP contribution in [0.4, 0.5) is 4.79 Å². The minimum absolute atomic E-state index is 0.259. The first-order valence-electron chi connectivity index (χ1n) is 8.20. The van der Waals surface area contributed by atoms with E-state index in [9.17, 15) is 9.90 Å². The number of hydrogen-bond donors (Lipinski definition) is 1. The first kappa shape index (κ1) is 17.8. The molecule has 1 aromatic rings. The van der Waals surface area contributed by atoms with Crippen LogP contribution >= 0.6 is 0 Å². The molecule has 1 amide bonds. The first-order chi connectivity index (χ1) is 10.8. The lowest BCUT2D eigenvalue weighted by molar-refractivity contribution is 0.00329. The number of amides is 1. The number of ether oxygens (including phenoxy) is 1. The van der Waals surface area contributed by atoms with E-state index in [1.165, 1.54) is 5.56 Å². The molecule has 1 heterocycles. The van der Waals surface area contributed by atoms with E-state index in [-0.39, 0.29) is 12.1 Å². The minimum Gasteiger partial charge on any atom is -0.444 e. The van der Waals surface area contributed by atoms with Crippen LogP contribution in [0.15, 0.2) is 30.3 Å². The van der Waals surface area contributed by atoms with Crippen LogP contribution < -0.4 is 0 Å². The van der Waals surface area contributed by atoms with Crippen molar-refractivity contribution in [1.82, 2.24) is 9.80 Å². The third kappa shape index (κ3) is 5.22. The lowest BCUT2D eigenvalue weighted by Gasteiger charge is -2.31. The molecular weight excluding hydrogens is 292 g/mol. The summed E-state index contributed by atoms with van der Waals surface area (Å²) in [5.41, 5.74) is 0.677. The van der Waals surface area contributed by atoms with Gasteiger partial charge in [0.15, 0.2) is 0 Å². The van der Waals surface area contributed by atoms with Gasteiger partial charge in [-0.05, 0) is 33.3 Å². The molecule has 1 aliphatic rings. The molecule has 128 valence electrons. The Morgan fingerprint density at radius 1 is 1.26 bits per heavy atom. The van der Waals surface area contributed by atoms with E-state index in [0.717, 1.165) is 13.1 Å². The number of hydrogen-bond acceptors (Lipinski definition) is 4. The quantitative estimate of drug-likeness (QED) is 0.909. The molecule has 5 nitrogen and oxygen atoms in total. The van der Waals surface area contributed by atoms with Gasteiger partial charge in [-0.25, -0.2) is 4.79 Å². The standard InChI is InChI=1S/C18H28N2O3/c1-14-16(21)13-19(12-15-8-6-5-7-9-15)10-11-20(14)17(22)23-18(2,3)4/h5-9,14,16,21H,10-13H2,1-4H3/t14-,16?/m1/s1. The maximum absolute atomic E-state index is 12.4. The largest absolute Gasteiger partial charge is 0.444 e. The van der Waals surface area contributed by atoms with Gasteiger partial charge in [-0.15, -0.1) is 0 Å². The molecule has 0 radical (unpaired) electrons. The Kier molecular flexibility index (Phi) is 5.65. The van der Waals surface area contributed by atoms with E-state index in [2.05, 4.69) is 17.0 Å². The molecule has 23 heavy (non-hydrogen) atoms. The zero-order valence-electron chi connectivity index (χ0n) is 14.5. The van der Waals surface area contributed by atoms with Crippen molar-refractivity contribution in [3.63, 3.8) is 0 Å². The highest BCUT2D eigenvalue weighted by Crippen LogP contribution is 2.18. The maximum atomic E-state index is 12.4. The Labute approximate surface area is 138 Å². The number of rotatable bonds is 2. The van der Waals surface area contributed by atoms with E-state index in [4.69, 9.17) is 4.74 Å². The second-order valence-electron chi connectivity index (χ2n) is 7.20. The number of nitrogens with zero attached hydrogens (tertiary/aromatic N) is 2. The van der Waals surface area contributed by atoms with Crippen LogP contribution in [0.3, 0.4) is 0 Å². The van der Waals surface area contributed by atoms with Crippen molar-refractivity contribution in [1.29, 1.82) is 0 Å². The zero-order valence-corrected chi connectivity index (χ0v) is 14.5. The first-order valence-corrected chi connectivity index (χ1v) is 8.20. The van der Waals surface area contributed by atoms with Gasteiger partial charge in [0.2, 0.25) is 0 Å². The molecule has 1 aliphatic heterocycles. The molecule has 1 unspecified atom stereocenters. The summed E-state index contributed by atoms with van der Waals surface area (Å²) in [5, 5.41) is 10.4. The van der Waals surface area contributed by atoms with Crippen LogP contribution in [0.2, 0.25) is 0 Å². The number of benzene rings is 1. The lowest BCUT2D eigenvalue weighted by atomic mass is 10.1. The SMILES string of the molecule is C[C@@H]1C(O)CN(Cc2ccccc2)CCN1C(=O)OC(C)(C)C. The van der Waals surface area contributed by atoms with Crippen LogP contribution in [0, 0.1) is 0 Å². The molecule has 2 rings (SSSR count). The summed E-state index contributed by atoms with van der Waals surface area (Å²) in [4.78, 5) is 16.2. The lowest BCUT2D eigenvalue weighted by Crippen LogP contribution is -2.47. The summed E-state index contributed by atoms with van der Waals surface area (Å²) in [6, 6.07) is 9.91. The molecular formula is C18H28N2O3. The molecule has 1 fully saturated rings. The van der Waals surface area contributed by atoms with Crippen LogP contribution in [0.25, 0.3) is 0 Å². The van der Waals surface area contributed by atoms with Gasteiger partial charge in [-0.1, -0.05) is 30.3 Å². The average molecular weight is 320 g/mol. The van der Waals surface area contributed by atoms with Crippen molar-refractivity contribution in [2.24, 2.45) is 0 Å². The summed E-state index contributed by atoms with van der Waals surface area (Å²) >= 11 is 0. The van der Waals surface area contributed by atoms with Crippen LogP contribution in [-0.4, -0.2) is 58.4 Å². The fourth-order valence-corrected chi connectivity index (χ4v) is 2.73. The molecule has 0 spiro atoms. The van der Waals surface area contributed by atoms with Crippen LogP contribution in [-0.2, 0) is 11.3 Å². The Morgan fingerprint density at radius 3 is 2.52 bits per heavy atom. The highest BCUT2D eigenvalue weighted by atomic mass is 16.6. The zero-order chi connectivity index (χ0) is 17.0. The van der Waals surface area contributed by atoms with Gasteiger partial charge in [0.1, 0.15) is 5.60 Å². The Morgan fingerprint density at radius 2 is 1.91 bits per heavy atom. The van der Waals surface area contributed by atoms with Gasteiger partial charge in [-0.2, -0.15) is 0 Å². The van der Waals surface area contributed by atoms with Gasteiger partial charge in [0.25, 0.3) is 0 Å². The van der Waals surface area contributed by atoms with Crippen molar-refractivity contribution in [3.05, 3.63) is 35.9 Å². The third-order valence-electron chi connectivity index (χ3n) is 4.03. The molecule has 1 aromatic carbocycles. The Hall–Kier alpha value is -1.59. The van der Waals surface area contributed by atoms with Gasteiger partial charge in [0, 0.05) is 26.2 Å². The second-order valence-corrected chi connectivity index (χ2v) is 7.20. The van der Waals surface area contributed by atoms with Gasteiger partial charge in [0.05, 0.1) is 12.1 Å². The summed E-state index contributed by atoms with van der Waals surface area (Å²) in [5.74, 6) is 0. The Balaban J connectivity index is 2.02. The molecule has 1 saturated heterocycles. The summed E-state index contributed by atoms with van der Waals surface area (Å²) < 4.78 is 5.46. The van der Waals surface area contributed by atoms with Crippen LogP contribution in [0.1, 0.15) is 33.3 Å². The molecule has 5 heteroatoms. The highest BCUT2D eigenvalue weighted by molar-refractivity contribution is 5.68. The predicted molar refractivity (Wildman–Crippen MR) is 90.1 cm³/mol. The van der Waals surface area contributed by atoms with E-state index >= 15 is 0 Å². The molecule has 0 saturated carbocycles. The van der Waals surface area contributed by atoms with Gasteiger partial charge < -0.3 is 14.7 Å². The van der Waals surface area contributed by atoms with E-state index in [1.54, 1.807) is 4.90 Å². The van der Waals surface area contributed by atoms with E-state index in [0.29, 0.717) is 13.1 Å². The molecule has 1 N–H and O–H groups in total. The topological polar surface area (TPSA) is 53.0 Å². The molecule has 2 atom stereocenters. The van der Waals surface area contributed by atoms with Crippen molar-refractivity contribution < 1.29 is 14.6 Å². The van der Waals surface area contributed by atoms with Gasteiger partial charge >= 0.3 is 6.09 Å². The van der Waals surface area contributed by atoms with Crippen molar-refractivity contribution in [3.8, 4) is 0 Å². The number of aliphatic hydroxyl groups is 1. The summed E-state index contributed by atoms with van der Waals surface area (Å²) in [6.07, 6.45) is -0.945. The smallest absolute Gasteiger partial charge is 0.410 e. The number of carbonyl (C=O) groups is 1. The highest BCUT2D eigenvalue weighted by Gasteiger charge is 2.33. The Bertz CT molecular complexity index is 513. The van der Waals surface area contributed by atoms with Crippen molar-refractivity contribution >= 4 is 6.09 Å². The maximum Gasteiger partial charge on any atom is 0.410 e. The fourth-order valence-electron chi connectivity index (χ4n) is 2.73. The third-order valence-corrected chi connectivity index (χ3v) is 4.03. The average Bonchev–Trinajstić information content (AvgIpc) is 2.58. The van der Waals surface area contributed by atoms with Gasteiger partial charge in [-0.3, -0.25) is 4.90 Å². The minimum atomic E-state index is -0.589. The number of β-amino-alcohol motifs (C(OH)–C–C–N with tert-alkyl or cyclic N) is 1. The van der Waals surface area contributed by atoms with E-state index in [1.807, 2.05) is 45.9 Å². The van der Waals surface area contributed by atoms with Crippen LogP contribution in [0.5, 0.6) is 0 Å². The summed E-state index contributed by atoms with van der Waals surface area (Å²) in [7, 11) is 0. The monoisotopic (exact) mass is 320 g/mol. The number of aliphatic hydroxyl groups excluding tert-OH is 1. The van der Waals surface area contributed by atoms with Crippen molar-refractivity contribution in [2.75, 3.05) is 19.6 Å². The van der Waals surface area contributed by atoms with E-state index < -0.39 is 11.7 Å².